The van der Waals surface area contributed by atoms with Gasteiger partial charge in [0.05, 0.1) is 6.61 Å². The fourth-order valence-electron chi connectivity index (χ4n) is 2.95. The molecule has 1 unspecified atom stereocenters. The first-order chi connectivity index (χ1) is 6.37. The van der Waals surface area contributed by atoms with Gasteiger partial charge in [0.25, 0.3) is 0 Å². The lowest BCUT2D eigenvalue weighted by Gasteiger charge is -2.40. The van der Waals surface area contributed by atoms with Crippen LogP contribution in [0.2, 0.25) is 0 Å². The summed E-state index contributed by atoms with van der Waals surface area (Å²) in [7, 11) is 0. The van der Waals surface area contributed by atoms with E-state index in [-0.39, 0.29) is 0 Å². The standard InChI is InChI=1S/C11H19BrO/c12-8-11(6-3-7-13-9-11)10-4-1-2-5-10/h10H,1-9H2. The highest BCUT2D eigenvalue weighted by molar-refractivity contribution is 9.09. The molecule has 0 spiro atoms. The first-order valence-corrected chi connectivity index (χ1v) is 6.63. The minimum absolute atomic E-state index is 0.495. The van der Waals surface area contributed by atoms with Crippen molar-refractivity contribution >= 4 is 15.9 Å². The monoisotopic (exact) mass is 246 g/mol. The molecule has 0 amide bonds. The third-order valence-corrected chi connectivity index (χ3v) is 4.96. The highest BCUT2D eigenvalue weighted by Gasteiger charge is 2.40. The second kappa shape index (κ2) is 4.31. The molecular formula is C11H19BrO. The number of hydrogen-bond acceptors (Lipinski definition) is 1. The molecule has 2 fully saturated rings. The van der Waals surface area contributed by atoms with Gasteiger partial charge in [-0.05, 0) is 31.6 Å². The third-order valence-electron chi connectivity index (χ3n) is 3.84. The van der Waals surface area contributed by atoms with Gasteiger partial charge in [-0.25, -0.2) is 0 Å². The van der Waals surface area contributed by atoms with E-state index in [2.05, 4.69) is 15.9 Å². The highest BCUT2D eigenvalue weighted by atomic mass is 79.9. The first kappa shape index (κ1) is 9.97. The van der Waals surface area contributed by atoms with Crippen molar-refractivity contribution in [3.05, 3.63) is 0 Å². The molecular weight excluding hydrogens is 228 g/mol. The maximum atomic E-state index is 5.66. The van der Waals surface area contributed by atoms with E-state index >= 15 is 0 Å². The summed E-state index contributed by atoms with van der Waals surface area (Å²) in [5, 5.41) is 1.14. The van der Waals surface area contributed by atoms with Gasteiger partial charge in [0, 0.05) is 17.4 Å². The molecule has 1 aliphatic carbocycles. The van der Waals surface area contributed by atoms with Crippen molar-refractivity contribution in [3.8, 4) is 0 Å². The Morgan fingerprint density at radius 1 is 1.23 bits per heavy atom. The average molecular weight is 247 g/mol. The van der Waals surface area contributed by atoms with Crippen molar-refractivity contribution in [2.24, 2.45) is 11.3 Å². The zero-order valence-electron chi connectivity index (χ0n) is 8.23. The Kier molecular flexibility index (Phi) is 3.31. The van der Waals surface area contributed by atoms with Crippen molar-refractivity contribution in [1.29, 1.82) is 0 Å². The Hall–Kier alpha value is 0.440. The summed E-state index contributed by atoms with van der Waals surface area (Å²) in [6.45, 7) is 1.99. The Labute approximate surface area is 89.4 Å². The summed E-state index contributed by atoms with van der Waals surface area (Å²) in [4.78, 5) is 0. The molecule has 76 valence electrons. The van der Waals surface area contributed by atoms with Gasteiger partial charge in [-0.3, -0.25) is 0 Å². The minimum Gasteiger partial charge on any atom is -0.381 e. The van der Waals surface area contributed by atoms with Crippen LogP contribution in [0.5, 0.6) is 0 Å². The maximum Gasteiger partial charge on any atom is 0.0533 e. The van der Waals surface area contributed by atoms with Crippen LogP contribution in [0, 0.1) is 11.3 Å². The fraction of sp³-hybridized carbons (Fsp3) is 1.00. The number of alkyl halides is 1. The van der Waals surface area contributed by atoms with Crippen LogP contribution in [0.4, 0.5) is 0 Å². The summed E-state index contributed by atoms with van der Waals surface area (Å²) in [5.74, 6) is 0.937. The van der Waals surface area contributed by atoms with E-state index in [1.807, 2.05) is 0 Å². The van der Waals surface area contributed by atoms with Crippen LogP contribution in [-0.4, -0.2) is 18.5 Å². The zero-order valence-corrected chi connectivity index (χ0v) is 9.81. The van der Waals surface area contributed by atoms with Gasteiger partial charge in [0.1, 0.15) is 0 Å². The predicted octanol–water partition coefficient (Wildman–Crippen LogP) is 3.37. The molecule has 0 bridgehead atoms. The molecule has 2 heteroatoms. The largest absolute Gasteiger partial charge is 0.381 e. The van der Waals surface area contributed by atoms with Crippen molar-refractivity contribution in [1.82, 2.24) is 0 Å². The van der Waals surface area contributed by atoms with E-state index in [1.54, 1.807) is 0 Å². The van der Waals surface area contributed by atoms with Gasteiger partial charge in [-0.2, -0.15) is 0 Å². The number of halogens is 1. The Morgan fingerprint density at radius 3 is 2.54 bits per heavy atom. The zero-order chi connectivity index (χ0) is 9.15. The van der Waals surface area contributed by atoms with Crippen molar-refractivity contribution in [2.75, 3.05) is 18.5 Å². The Morgan fingerprint density at radius 2 is 2.00 bits per heavy atom. The maximum absolute atomic E-state index is 5.66. The van der Waals surface area contributed by atoms with Crippen molar-refractivity contribution < 1.29 is 4.74 Å². The molecule has 1 aliphatic heterocycles. The van der Waals surface area contributed by atoms with Crippen molar-refractivity contribution in [3.63, 3.8) is 0 Å². The average Bonchev–Trinajstić information content (AvgIpc) is 2.72. The molecule has 2 rings (SSSR count). The topological polar surface area (TPSA) is 9.23 Å². The van der Waals surface area contributed by atoms with Gasteiger partial charge in [-0.15, -0.1) is 0 Å². The van der Waals surface area contributed by atoms with E-state index in [1.165, 1.54) is 38.5 Å². The molecule has 0 radical (unpaired) electrons. The summed E-state index contributed by atoms with van der Waals surface area (Å²) < 4.78 is 5.66. The van der Waals surface area contributed by atoms with Gasteiger partial charge in [0.2, 0.25) is 0 Å². The minimum atomic E-state index is 0.495. The molecule has 1 saturated heterocycles. The Bertz CT molecular complexity index is 157. The van der Waals surface area contributed by atoms with Gasteiger partial charge < -0.3 is 4.74 Å². The van der Waals surface area contributed by atoms with E-state index in [9.17, 15) is 0 Å². The summed E-state index contributed by atoms with van der Waals surface area (Å²) >= 11 is 3.70. The van der Waals surface area contributed by atoms with E-state index in [0.717, 1.165) is 24.5 Å². The van der Waals surface area contributed by atoms with Crippen LogP contribution in [-0.2, 0) is 4.74 Å². The predicted molar refractivity (Wildman–Crippen MR) is 58.2 cm³/mol. The van der Waals surface area contributed by atoms with E-state index in [4.69, 9.17) is 4.74 Å². The van der Waals surface area contributed by atoms with Crippen LogP contribution in [0.1, 0.15) is 38.5 Å². The molecule has 0 aromatic rings. The van der Waals surface area contributed by atoms with Crippen LogP contribution in [0.3, 0.4) is 0 Å². The molecule has 1 heterocycles. The number of ether oxygens (including phenoxy) is 1. The molecule has 1 nitrogen and oxygen atoms in total. The molecule has 2 aliphatic rings. The van der Waals surface area contributed by atoms with Crippen LogP contribution in [0.15, 0.2) is 0 Å². The molecule has 1 atom stereocenters. The lowest BCUT2D eigenvalue weighted by atomic mass is 9.72. The normalized spacial score (nSPS) is 36.7. The lowest BCUT2D eigenvalue weighted by Crippen LogP contribution is -2.39. The van der Waals surface area contributed by atoms with E-state index in [0.29, 0.717) is 5.41 Å². The third kappa shape index (κ3) is 1.94. The summed E-state index contributed by atoms with van der Waals surface area (Å²) in [5.41, 5.74) is 0.495. The molecule has 0 aromatic heterocycles. The number of rotatable bonds is 2. The van der Waals surface area contributed by atoms with E-state index < -0.39 is 0 Å². The smallest absolute Gasteiger partial charge is 0.0533 e. The van der Waals surface area contributed by atoms with Gasteiger partial charge in [0.15, 0.2) is 0 Å². The van der Waals surface area contributed by atoms with Crippen LogP contribution < -0.4 is 0 Å². The fourth-order valence-corrected chi connectivity index (χ4v) is 3.85. The number of hydrogen-bond donors (Lipinski definition) is 0. The molecule has 0 aromatic carbocycles. The van der Waals surface area contributed by atoms with Crippen LogP contribution in [0.25, 0.3) is 0 Å². The lowest BCUT2D eigenvalue weighted by molar-refractivity contribution is -0.0259. The Balaban J connectivity index is 2.03. The quantitative estimate of drug-likeness (QED) is 0.680. The highest BCUT2D eigenvalue weighted by Crippen LogP contribution is 2.45. The summed E-state index contributed by atoms with van der Waals surface area (Å²) in [6, 6.07) is 0. The molecule has 13 heavy (non-hydrogen) atoms. The second-order valence-corrected chi connectivity index (χ2v) is 5.19. The molecule has 0 N–H and O–H groups in total. The SMILES string of the molecule is BrCC1(C2CCCC2)CCCOC1. The van der Waals surface area contributed by atoms with Gasteiger partial charge in [-0.1, -0.05) is 28.8 Å². The first-order valence-electron chi connectivity index (χ1n) is 5.51. The molecule has 1 saturated carbocycles. The van der Waals surface area contributed by atoms with Crippen LogP contribution >= 0.6 is 15.9 Å². The van der Waals surface area contributed by atoms with Gasteiger partial charge >= 0.3 is 0 Å². The van der Waals surface area contributed by atoms with Crippen molar-refractivity contribution in [2.45, 2.75) is 38.5 Å². The summed E-state index contributed by atoms with van der Waals surface area (Å²) in [6.07, 6.45) is 8.41. The second-order valence-electron chi connectivity index (χ2n) is 4.63.